The van der Waals surface area contributed by atoms with Crippen LogP contribution >= 0.6 is 33.9 Å². The van der Waals surface area contributed by atoms with Crippen LogP contribution in [0, 0.1) is 2.88 Å². The van der Waals surface area contributed by atoms with E-state index in [1.165, 1.54) is 2.88 Å². The number of anilines is 1. The number of thiophene rings is 1. The van der Waals surface area contributed by atoms with Gasteiger partial charge in [0.2, 0.25) is 5.91 Å². The second kappa shape index (κ2) is 4.64. The molecule has 0 saturated carbocycles. The third-order valence-electron chi connectivity index (χ3n) is 3.06. The van der Waals surface area contributed by atoms with Crippen molar-refractivity contribution in [2.24, 2.45) is 5.73 Å². The Morgan fingerprint density at radius 1 is 1.33 bits per heavy atom. The van der Waals surface area contributed by atoms with Crippen LogP contribution in [0.3, 0.4) is 0 Å². The lowest BCUT2D eigenvalue weighted by atomic mass is 9.99. The minimum atomic E-state index is -0.120. The molecule has 0 radical (unpaired) electrons. The van der Waals surface area contributed by atoms with Gasteiger partial charge < -0.3 is 11.1 Å². The van der Waals surface area contributed by atoms with Crippen molar-refractivity contribution in [3.63, 3.8) is 0 Å². The van der Waals surface area contributed by atoms with E-state index >= 15 is 0 Å². The van der Waals surface area contributed by atoms with Crippen molar-refractivity contribution in [2.45, 2.75) is 12.5 Å². The Balaban J connectivity index is 1.94. The molecule has 1 atom stereocenters. The van der Waals surface area contributed by atoms with E-state index in [-0.39, 0.29) is 11.9 Å². The van der Waals surface area contributed by atoms with Crippen LogP contribution < -0.4 is 11.1 Å². The molecule has 18 heavy (non-hydrogen) atoms. The molecule has 1 aromatic carbocycles. The maximum Gasteiger partial charge on any atom is 0.228 e. The second-order valence-electron chi connectivity index (χ2n) is 4.30. The van der Waals surface area contributed by atoms with Crippen molar-refractivity contribution < 1.29 is 4.79 Å². The first-order valence-corrected chi connectivity index (χ1v) is 7.51. The quantitative estimate of drug-likeness (QED) is 0.799. The van der Waals surface area contributed by atoms with Gasteiger partial charge >= 0.3 is 0 Å². The van der Waals surface area contributed by atoms with Gasteiger partial charge in [0.25, 0.3) is 0 Å². The third-order valence-corrected chi connectivity index (χ3v) is 4.87. The molecule has 0 spiro atoms. The fourth-order valence-electron chi connectivity index (χ4n) is 2.12. The molecule has 2 heterocycles. The van der Waals surface area contributed by atoms with Gasteiger partial charge in [0.15, 0.2) is 0 Å². The van der Waals surface area contributed by atoms with Crippen LogP contribution in [0.25, 0.3) is 0 Å². The highest BCUT2D eigenvalue weighted by Gasteiger charge is 2.19. The molecule has 5 heteroatoms. The van der Waals surface area contributed by atoms with Gasteiger partial charge in [-0.25, -0.2) is 0 Å². The van der Waals surface area contributed by atoms with E-state index in [1.54, 1.807) is 11.3 Å². The number of amides is 1. The predicted molar refractivity (Wildman–Crippen MR) is 81.8 cm³/mol. The maximum absolute atomic E-state index is 11.3. The summed E-state index contributed by atoms with van der Waals surface area (Å²) >= 11 is 3.99. The number of hydrogen-bond donors (Lipinski definition) is 2. The summed E-state index contributed by atoms with van der Waals surface area (Å²) in [5.74, 6) is 0.0563. The highest BCUT2D eigenvalue weighted by atomic mass is 127. The lowest BCUT2D eigenvalue weighted by Gasteiger charge is -2.11. The van der Waals surface area contributed by atoms with E-state index in [0.717, 1.165) is 22.4 Å². The molecular formula is C13H11IN2OS. The summed E-state index contributed by atoms with van der Waals surface area (Å²) in [5.41, 5.74) is 10.4. The van der Waals surface area contributed by atoms with Gasteiger partial charge in [0, 0.05) is 5.69 Å². The van der Waals surface area contributed by atoms with Crippen LogP contribution in [-0.4, -0.2) is 5.91 Å². The standard InChI is InChI=1S/C13H11IN2OS/c14-11-4-9(6-18-11)13(15)7-1-2-10-8(3-7)5-12(17)16-10/h1-4,6,13H,5,15H2,(H,16,17). The van der Waals surface area contributed by atoms with Gasteiger partial charge in [-0.3, -0.25) is 4.79 Å². The summed E-state index contributed by atoms with van der Waals surface area (Å²) in [6.07, 6.45) is 0.455. The number of benzene rings is 1. The summed E-state index contributed by atoms with van der Waals surface area (Å²) in [6.45, 7) is 0. The number of halogens is 1. The van der Waals surface area contributed by atoms with E-state index in [1.807, 2.05) is 18.2 Å². The van der Waals surface area contributed by atoms with E-state index in [4.69, 9.17) is 5.73 Å². The van der Waals surface area contributed by atoms with Gasteiger partial charge in [-0.05, 0) is 56.8 Å². The number of hydrogen-bond acceptors (Lipinski definition) is 3. The molecule has 3 rings (SSSR count). The highest BCUT2D eigenvalue weighted by Crippen LogP contribution is 2.30. The van der Waals surface area contributed by atoms with Crippen LogP contribution in [0.5, 0.6) is 0 Å². The Bertz CT molecular complexity index is 623. The second-order valence-corrected chi connectivity index (χ2v) is 7.11. The average Bonchev–Trinajstić information content (AvgIpc) is 2.92. The molecular weight excluding hydrogens is 359 g/mol. The van der Waals surface area contributed by atoms with E-state index in [9.17, 15) is 4.79 Å². The number of fused-ring (bicyclic) bond motifs is 1. The predicted octanol–water partition coefficient (Wildman–Crippen LogP) is 2.90. The Labute approximate surface area is 123 Å². The Morgan fingerprint density at radius 2 is 2.17 bits per heavy atom. The van der Waals surface area contributed by atoms with Crippen molar-refractivity contribution >= 4 is 45.5 Å². The minimum Gasteiger partial charge on any atom is -0.326 e. The molecule has 1 aliphatic heterocycles. The first kappa shape index (κ1) is 12.1. The Morgan fingerprint density at radius 3 is 2.89 bits per heavy atom. The Hall–Kier alpha value is -0.920. The fourth-order valence-corrected chi connectivity index (χ4v) is 3.53. The van der Waals surface area contributed by atoms with Crippen molar-refractivity contribution in [1.29, 1.82) is 0 Å². The fraction of sp³-hybridized carbons (Fsp3) is 0.154. The van der Waals surface area contributed by atoms with Crippen molar-refractivity contribution in [3.8, 4) is 0 Å². The first-order valence-electron chi connectivity index (χ1n) is 5.55. The zero-order chi connectivity index (χ0) is 12.7. The molecule has 2 aromatic rings. The topological polar surface area (TPSA) is 55.1 Å². The van der Waals surface area contributed by atoms with Gasteiger partial charge in [0.05, 0.1) is 15.3 Å². The van der Waals surface area contributed by atoms with Gasteiger partial charge in [0.1, 0.15) is 0 Å². The number of nitrogens with one attached hydrogen (secondary N) is 1. The highest BCUT2D eigenvalue weighted by molar-refractivity contribution is 14.1. The molecule has 3 N–H and O–H groups in total. The first-order chi connectivity index (χ1) is 8.63. The summed E-state index contributed by atoms with van der Waals surface area (Å²) in [6, 6.07) is 7.94. The normalized spacial score (nSPS) is 15.3. The van der Waals surface area contributed by atoms with Crippen LogP contribution in [0.4, 0.5) is 5.69 Å². The Kier molecular flexibility index (Phi) is 3.13. The van der Waals surface area contributed by atoms with E-state index in [0.29, 0.717) is 6.42 Å². The monoisotopic (exact) mass is 370 g/mol. The van der Waals surface area contributed by atoms with E-state index < -0.39 is 0 Å². The lowest BCUT2D eigenvalue weighted by molar-refractivity contribution is -0.115. The van der Waals surface area contributed by atoms with Crippen LogP contribution in [0.15, 0.2) is 29.6 Å². The summed E-state index contributed by atoms with van der Waals surface area (Å²) in [4.78, 5) is 11.3. The number of carbonyl (C=O) groups is 1. The summed E-state index contributed by atoms with van der Waals surface area (Å²) < 4.78 is 1.23. The molecule has 0 saturated heterocycles. The average molecular weight is 370 g/mol. The largest absolute Gasteiger partial charge is 0.326 e. The molecule has 1 amide bonds. The lowest BCUT2D eigenvalue weighted by Crippen LogP contribution is -2.11. The molecule has 3 nitrogen and oxygen atoms in total. The number of rotatable bonds is 2. The molecule has 1 aliphatic rings. The minimum absolute atomic E-state index is 0.0563. The van der Waals surface area contributed by atoms with Gasteiger partial charge in [-0.1, -0.05) is 12.1 Å². The van der Waals surface area contributed by atoms with Crippen LogP contribution in [-0.2, 0) is 11.2 Å². The molecule has 0 fully saturated rings. The number of nitrogens with two attached hydrogens (primary N) is 1. The molecule has 0 bridgehead atoms. The molecule has 1 aromatic heterocycles. The SMILES string of the molecule is NC(c1csc(I)c1)c1ccc2c(c1)CC(=O)N2. The number of carbonyl (C=O) groups excluding carboxylic acids is 1. The molecule has 1 unspecified atom stereocenters. The third kappa shape index (κ3) is 2.17. The maximum atomic E-state index is 11.3. The zero-order valence-corrected chi connectivity index (χ0v) is 12.4. The smallest absolute Gasteiger partial charge is 0.228 e. The van der Waals surface area contributed by atoms with Gasteiger partial charge in [-0.2, -0.15) is 0 Å². The molecule has 0 aliphatic carbocycles. The summed E-state index contributed by atoms with van der Waals surface area (Å²) in [7, 11) is 0. The van der Waals surface area contributed by atoms with Crippen molar-refractivity contribution in [1.82, 2.24) is 0 Å². The van der Waals surface area contributed by atoms with E-state index in [2.05, 4.69) is 39.4 Å². The van der Waals surface area contributed by atoms with Crippen LogP contribution in [0.2, 0.25) is 0 Å². The van der Waals surface area contributed by atoms with Crippen LogP contribution in [0.1, 0.15) is 22.7 Å². The zero-order valence-electron chi connectivity index (χ0n) is 9.44. The van der Waals surface area contributed by atoms with Gasteiger partial charge in [-0.15, -0.1) is 11.3 Å². The summed E-state index contributed by atoms with van der Waals surface area (Å²) in [5, 5.41) is 4.91. The van der Waals surface area contributed by atoms with Crippen molar-refractivity contribution in [3.05, 3.63) is 49.2 Å². The molecule has 92 valence electrons. The van der Waals surface area contributed by atoms with Crippen molar-refractivity contribution in [2.75, 3.05) is 5.32 Å².